The molecule has 0 aliphatic heterocycles. The summed E-state index contributed by atoms with van der Waals surface area (Å²) in [6.45, 7) is 0. The molecule has 0 heterocycles. The molecule has 2 aromatic carbocycles. The van der Waals surface area contributed by atoms with Crippen molar-refractivity contribution in [3.8, 4) is 6.07 Å². The number of nitrogens with zero attached hydrogens (tertiary/aromatic N) is 2. The van der Waals surface area contributed by atoms with E-state index >= 15 is 0 Å². The van der Waals surface area contributed by atoms with Gasteiger partial charge in [-0.25, -0.2) is 8.42 Å². The van der Waals surface area contributed by atoms with Gasteiger partial charge in [0.1, 0.15) is 11.0 Å². The highest BCUT2D eigenvalue weighted by atomic mass is 35.5. The lowest BCUT2D eigenvalue weighted by Gasteiger charge is -2.06. The maximum absolute atomic E-state index is 12.7. The summed E-state index contributed by atoms with van der Waals surface area (Å²) in [4.78, 5) is 9.15. The Morgan fingerprint density at radius 1 is 1.12 bits per heavy atom. The quantitative estimate of drug-likeness (QED) is 0.400. The van der Waals surface area contributed by atoms with Gasteiger partial charge in [-0.2, -0.15) is 5.26 Å². The summed E-state index contributed by atoms with van der Waals surface area (Å²) in [6.07, 6.45) is 0.946. The Labute approximate surface area is 157 Å². The second-order valence-corrected chi connectivity index (χ2v) is 7.80. The zero-order valence-corrected chi connectivity index (χ0v) is 15.2. The van der Waals surface area contributed by atoms with Gasteiger partial charge in [0.25, 0.3) is 5.69 Å². The average molecular weight is 418 g/mol. The summed E-state index contributed by atoms with van der Waals surface area (Å²) < 4.78 is 25.3. The molecule has 0 aromatic heterocycles. The molecule has 6 nitrogen and oxygen atoms in total. The summed E-state index contributed by atoms with van der Waals surface area (Å²) in [5.41, 5.74) is -0.291. The molecular weight excluding hydrogens is 411 g/mol. The van der Waals surface area contributed by atoms with Crippen molar-refractivity contribution >= 4 is 56.4 Å². The van der Waals surface area contributed by atoms with Crippen LogP contribution in [0.1, 0.15) is 5.56 Å². The van der Waals surface area contributed by atoms with E-state index in [2.05, 4.69) is 0 Å². The van der Waals surface area contributed by atoms with Gasteiger partial charge >= 0.3 is 0 Å². The molecule has 0 unspecified atom stereocenters. The van der Waals surface area contributed by atoms with Crippen LogP contribution >= 0.6 is 34.8 Å². The van der Waals surface area contributed by atoms with Crippen LogP contribution in [0.2, 0.25) is 15.1 Å². The largest absolute Gasteiger partial charge is 0.270 e. The van der Waals surface area contributed by atoms with Gasteiger partial charge in [-0.1, -0.05) is 34.8 Å². The summed E-state index contributed by atoms with van der Waals surface area (Å²) in [6, 6.07) is 8.81. The molecule has 0 amide bonds. The summed E-state index contributed by atoms with van der Waals surface area (Å²) in [5.74, 6) is 0. The third-order valence-electron chi connectivity index (χ3n) is 3.06. The summed E-state index contributed by atoms with van der Waals surface area (Å²) >= 11 is 17.6. The van der Waals surface area contributed by atoms with Crippen molar-refractivity contribution in [1.29, 1.82) is 5.26 Å². The van der Waals surface area contributed by atoms with Crippen LogP contribution in [0.15, 0.2) is 46.2 Å². The van der Waals surface area contributed by atoms with Crippen molar-refractivity contribution in [1.82, 2.24) is 0 Å². The van der Waals surface area contributed by atoms with Crippen LogP contribution < -0.4 is 0 Å². The Hall–Kier alpha value is -2.11. The van der Waals surface area contributed by atoms with Crippen LogP contribution in [0, 0.1) is 21.4 Å². The first kappa shape index (κ1) is 19.2. The Morgan fingerprint density at radius 2 is 1.76 bits per heavy atom. The minimum absolute atomic E-state index is 0.00846. The van der Waals surface area contributed by atoms with E-state index in [9.17, 15) is 23.8 Å². The number of non-ortho nitro benzene ring substituents is 1. The number of allylic oxidation sites excluding steroid dienone is 1. The fourth-order valence-electron chi connectivity index (χ4n) is 1.87. The molecule has 25 heavy (non-hydrogen) atoms. The molecule has 0 saturated carbocycles. The summed E-state index contributed by atoms with van der Waals surface area (Å²) in [5, 5.41) is 20.2. The van der Waals surface area contributed by atoms with E-state index in [4.69, 9.17) is 34.8 Å². The second-order valence-electron chi connectivity index (χ2n) is 4.66. The molecule has 0 saturated heterocycles. The maximum atomic E-state index is 12.7. The van der Waals surface area contributed by atoms with E-state index < -0.39 is 19.7 Å². The molecule has 0 aliphatic carbocycles. The lowest BCUT2D eigenvalue weighted by atomic mass is 10.2. The van der Waals surface area contributed by atoms with Gasteiger partial charge in [0, 0.05) is 27.7 Å². The lowest BCUT2D eigenvalue weighted by molar-refractivity contribution is -0.384. The van der Waals surface area contributed by atoms with Crippen molar-refractivity contribution in [2.24, 2.45) is 0 Å². The highest BCUT2D eigenvalue weighted by Crippen LogP contribution is 2.31. The van der Waals surface area contributed by atoms with E-state index in [1.807, 2.05) is 0 Å². The second kappa shape index (κ2) is 7.42. The first-order chi connectivity index (χ1) is 11.7. The third-order valence-corrected chi connectivity index (χ3v) is 5.79. The molecule has 0 atom stereocenters. The van der Waals surface area contributed by atoms with Crippen molar-refractivity contribution in [2.75, 3.05) is 0 Å². The van der Waals surface area contributed by atoms with Crippen molar-refractivity contribution in [3.05, 3.63) is 72.0 Å². The fourth-order valence-corrected chi connectivity index (χ4v) is 3.95. The van der Waals surface area contributed by atoms with E-state index in [-0.39, 0.29) is 31.2 Å². The maximum Gasteiger partial charge on any atom is 0.270 e. The topological polar surface area (TPSA) is 101 Å². The molecule has 10 heteroatoms. The number of hydrogen-bond acceptors (Lipinski definition) is 5. The number of rotatable bonds is 4. The van der Waals surface area contributed by atoms with Gasteiger partial charge in [0.05, 0.1) is 14.8 Å². The van der Waals surface area contributed by atoms with Gasteiger partial charge in [-0.3, -0.25) is 10.1 Å². The number of hydrogen-bond donors (Lipinski definition) is 0. The summed E-state index contributed by atoms with van der Waals surface area (Å²) in [7, 11) is -4.30. The average Bonchev–Trinajstić information content (AvgIpc) is 2.55. The monoisotopic (exact) mass is 416 g/mol. The molecule has 0 bridgehead atoms. The molecule has 2 aromatic rings. The normalized spacial score (nSPS) is 11.8. The first-order valence-electron chi connectivity index (χ1n) is 6.42. The lowest BCUT2D eigenvalue weighted by Crippen LogP contribution is -2.04. The molecular formula is C15H7Cl3N2O4S. The number of halogens is 3. The number of sulfone groups is 1. The van der Waals surface area contributed by atoms with E-state index in [0.717, 1.165) is 24.3 Å². The highest BCUT2D eigenvalue weighted by molar-refractivity contribution is 7.95. The predicted octanol–water partition coefficient (Wildman–Crippen LogP) is 4.89. The van der Waals surface area contributed by atoms with E-state index in [0.29, 0.717) is 0 Å². The van der Waals surface area contributed by atoms with Gasteiger partial charge in [-0.15, -0.1) is 0 Å². The van der Waals surface area contributed by atoms with Crippen molar-refractivity contribution < 1.29 is 13.3 Å². The Morgan fingerprint density at radius 3 is 2.36 bits per heavy atom. The Bertz CT molecular complexity index is 1040. The van der Waals surface area contributed by atoms with E-state index in [1.54, 1.807) is 6.07 Å². The first-order valence-corrected chi connectivity index (χ1v) is 9.04. The number of nitro groups is 1. The standard InChI is InChI=1S/C15H7Cl3N2O4S/c16-10-1-3-14(18)15(7-10)25(23,24)12(8-19)6-9-5-11(20(21)22)2-4-13(9)17/h1-7H. The number of nitro benzene ring substituents is 1. The van der Waals surface area contributed by atoms with Crippen molar-refractivity contribution in [3.63, 3.8) is 0 Å². The van der Waals surface area contributed by atoms with Gasteiger partial charge < -0.3 is 0 Å². The minimum Gasteiger partial charge on any atom is -0.258 e. The van der Waals surface area contributed by atoms with Crippen LogP contribution in [-0.2, 0) is 9.84 Å². The predicted molar refractivity (Wildman–Crippen MR) is 95.3 cm³/mol. The van der Waals surface area contributed by atoms with Gasteiger partial charge in [0.2, 0.25) is 9.84 Å². The Kier molecular flexibility index (Phi) is 5.70. The molecule has 0 spiro atoms. The molecule has 0 fully saturated rings. The zero-order valence-electron chi connectivity index (χ0n) is 12.1. The van der Waals surface area contributed by atoms with Gasteiger partial charge in [0.15, 0.2) is 0 Å². The van der Waals surface area contributed by atoms with Crippen molar-refractivity contribution in [2.45, 2.75) is 4.90 Å². The molecule has 0 radical (unpaired) electrons. The Balaban J connectivity index is 2.66. The third kappa shape index (κ3) is 4.11. The zero-order chi connectivity index (χ0) is 18.8. The van der Waals surface area contributed by atoms with Crippen LogP contribution in [0.3, 0.4) is 0 Å². The van der Waals surface area contributed by atoms with Crippen LogP contribution in [-0.4, -0.2) is 13.3 Å². The molecule has 0 aliphatic rings. The van der Waals surface area contributed by atoms with E-state index in [1.165, 1.54) is 18.2 Å². The number of benzene rings is 2. The molecule has 0 N–H and O–H groups in total. The molecule has 128 valence electrons. The number of nitriles is 1. The van der Waals surface area contributed by atoms with Crippen LogP contribution in [0.25, 0.3) is 6.08 Å². The fraction of sp³-hybridized carbons (Fsp3) is 0. The van der Waals surface area contributed by atoms with Crippen LogP contribution in [0.4, 0.5) is 5.69 Å². The smallest absolute Gasteiger partial charge is 0.258 e. The highest BCUT2D eigenvalue weighted by Gasteiger charge is 2.25. The van der Waals surface area contributed by atoms with Gasteiger partial charge in [-0.05, 0) is 30.3 Å². The molecule has 2 rings (SSSR count). The van der Waals surface area contributed by atoms with Crippen LogP contribution in [0.5, 0.6) is 0 Å². The minimum atomic E-state index is -4.30. The SMILES string of the molecule is N#CC(=Cc1cc([N+](=O)[O-])ccc1Cl)S(=O)(=O)c1cc(Cl)ccc1Cl.